The summed E-state index contributed by atoms with van der Waals surface area (Å²) in [7, 11) is 0. The number of aromatic nitrogens is 3. The second-order valence-corrected chi connectivity index (χ2v) is 11.6. The number of fused-ring (bicyclic) bond motifs is 5. The highest BCUT2D eigenvalue weighted by molar-refractivity contribution is 6.20. The summed E-state index contributed by atoms with van der Waals surface area (Å²) in [4.78, 5) is 15.4. The molecule has 0 radical (unpaired) electrons. The van der Waals surface area contributed by atoms with Crippen molar-refractivity contribution in [3.05, 3.63) is 164 Å². The van der Waals surface area contributed by atoms with Gasteiger partial charge in [-0.1, -0.05) is 158 Å². The van der Waals surface area contributed by atoms with Gasteiger partial charge in [-0.3, -0.25) is 0 Å². The molecular weight excluding hydrogens is 574 g/mol. The van der Waals surface area contributed by atoms with Gasteiger partial charge in [0.2, 0.25) is 0 Å². The van der Waals surface area contributed by atoms with Crippen molar-refractivity contribution in [3.8, 4) is 56.4 Å². The fourth-order valence-corrected chi connectivity index (χ4v) is 6.53. The summed E-state index contributed by atoms with van der Waals surface area (Å²) >= 11 is 0. The van der Waals surface area contributed by atoms with Gasteiger partial charge >= 0.3 is 0 Å². The molecule has 0 aliphatic carbocycles. The van der Waals surface area contributed by atoms with E-state index in [0.29, 0.717) is 17.5 Å². The zero-order chi connectivity index (χ0) is 31.2. The molecule has 0 saturated heterocycles. The molecule has 2 aromatic heterocycles. The number of rotatable bonds is 5. The van der Waals surface area contributed by atoms with Crippen LogP contribution in [0.1, 0.15) is 0 Å². The first-order chi connectivity index (χ1) is 23.3. The average Bonchev–Trinajstić information content (AvgIpc) is 3.54. The minimum Gasteiger partial charge on any atom is -0.455 e. The smallest absolute Gasteiger partial charge is 0.164 e. The Kier molecular flexibility index (Phi) is 6.43. The first kappa shape index (κ1) is 27.0. The van der Waals surface area contributed by atoms with Crippen LogP contribution in [0, 0.1) is 0 Å². The third-order valence-electron chi connectivity index (χ3n) is 8.75. The van der Waals surface area contributed by atoms with Crippen LogP contribution in [0.5, 0.6) is 0 Å². The van der Waals surface area contributed by atoms with Crippen molar-refractivity contribution >= 4 is 32.7 Å². The van der Waals surface area contributed by atoms with Crippen LogP contribution < -0.4 is 0 Å². The third kappa shape index (κ3) is 4.66. The summed E-state index contributed by atoms with van der Waals surface area (Å²) in [5.41, 5.74) is 8.90. The Morgan fingerprint density at radius 2 is 0.766 bits per heavy atom. The summed E-state index contributed by atoms with van der Waals surface area (Å²) in [6.45, 7) is 0. The van der Waals surface area contributed by atoms with Gasteiger partial charge in [0, 0.05) is 38.4 Å². The van der Waals surface area contributed by atoms with Crippen molar-refractivity contribution in [1.82, 2.24) is 15.0 Å². The maximum absolute atomic E-state index is 6.74. The molecule has 47 heavy (non-hydrogen) atoms. The molecule has 0 aliphatic heterocycles. The summed E-state index contributed by atoms with van der Waals surface area (Å²) in [6.07, 6.45) is 0. The minimum absolute atomic E-state index is 0.614. The summed E-state index contributed by atoms with van der Waals surface area (Å²) in [5.74, 6) is 1.87. The number of furan rings is 1. The number of para-hydroxylation sites is 1. The Balaban J connectivity index is 1.33. The van der Waals surface area contributed by atoms with Crippen LogP contribution >= 0.6 is 0 Å². The standard InChI is InChI=1S/C43H27N3O/c1-4-15-28(16-5-1)31-21-10-13-24-36(31)42-44-41(30-19-8-3-9-20-30)45-43(46-42)38-27-37-35-26-14-25-32(29-17-6-2-7-18-29)39(35)47-40(37)34-23-12-11-22-33(34)38/h1-27H. The van der Waals surface area contributed by atoms with E-state index >= 15 is 0 Å². The lowest BCUT2D eigenvalue weighted by molar-refractivity contribution is 0.674. The zero-order valence-electron chi connectivity index (χ0n) is 25.3. The summed E-state index contributed by atoms with van der Waals surface area (Å²) < 4.78 is 6.74. The van der Waals surface area contributed by atoms with Crippen LogP contribution in [-0.4, -0.2) is 15.0 Å². The Morgan fingerprint density at radius 3 is 1.47 bits per heavy atom. The zero-order valence-corrected chi connectivity index (χ0v) is 25.3. The highest BCUT2D eigenvalue weighted by Gasteiger charge is 2.21. The van der Waals surface area contributed by atoms with Gasteiger partial charge in [0.1, 0.15) is 11.2 Å². The van der Waals surface area contributed by atoms with Crippen LogP contribution in [0.3, 0.4) is 0 Å². The second kappa shape index (κ2) is 11.2. The molecular formula is C43H27N3O. The van der Waals surface area contributed by atoms with E-state index in [0.717, 1.165) is 71.7 Å². The maximum atomic E-state index is 6.74. The van der Waals surface area contributed by atoms with Gasteiger partial charge < -0.3 is 4.42 Å². The van der Waals surface area contributed by atoms with Crippen LogP contribution in [0.4, 0.5) is 0 Å². The Bertz CT molecular complexity index is 2560. The van der Waals surface area contributed by atoms with Gasteiger partial charge in [0.15, 0.2) is 17.5 Å². The van der Waals surface area contributed by atoms with Crippen LogP contribution in [-0.2, 0) is 0 Å². The molecule has 0 bridgehead atoms. The molecule has 0 saturated carbocycles. The quantitative estimate of drug-likeness (QED) is 0.197. The molecule has 2 heterocycles. The first-order valence-corrected chi connectivity index (χ1v) is 15.7. The average molecular weight is 602 g/mol. The van der Waals surface area contributed by atoms with Crippen molar-refractivity contribution in [2.24, 2.45) is 0 Å². The molecule has 9 aromatic rings. The highest BCUT2D eigenvalue weighted by Crippen LogP contribution is 2.42. The first-order valence-electron chi connectivity index (χ1n) is 15.7. The molecule has 4 heteroatoms. The minimum atomic E-state index is 0.614. The van der Waals surface area contributed by atoms with E-state index in [1.165, 1.54) is 0 Å². The second-order valence-electron chi connectivity index (χ2n) is 11.6. The van der Waals surface area contributed by atoms with Crippen LogP contribution in [0.25, 0.3) is 89.1 Å². The Labute approximate surface area is 271 Å². The number of hydrogen-bond acceptors (Lipinski definition) is 4. The van der Waals surface area contributed by atoms with Gasteiger partial charge in [0.25, 0.3) is 0 Å². The van der Waals surface area contributed by atoms with E-state index in [4.69, 9.17) is 19.4 Å². The monoisotopic (exact) mass is 601 g/mol. The van der Waals surface area contributed by atoms with Gasteiger partial charge in [0.05, 0.1) is 0 Å². The fourth-order valence-electron chi connectivity index (χ4n) is 6.53. The van der Waals surface area contributed by atoms with Gasteiger partial charge in [-0.05, 0) is 28.1 Å². The molecule has 7 aromatic carbocycles. The molecule has 0 spiro atoms. The molecule has 0 aliphatic rings. The van der Waals surface area contributed by atoms with E-state index < -0.39 is 0 Å². The normalized spacial score (nSPS) is 11.4. The molecule has 220 valence electrons. The lowest BCUT2D eigenvalue weighted by atomic mass is 9.97. The van der Waals surface area contributed by atoms with E-state index in [1.54, 1.807) is 0 Å². The van der Waals surface area contributed by atoms with Gasteiger partial charge in [-0.2, -0.15) is 0 Å². The van der Waals surface area contributed by atoms with Crippen LogP contribution in [0.2, 0.25) is 0 Å². The molecule has 0 unspecified atom stereocenters. The maximum Gasteiger partial charge on any atom is 0.164 e. The molecule has 0 fully saturated rings. The molecule has 0 atom stereocenters. The predicted octanol–water partition coefficient (Wildman–Crippen LogP) is 11.3. The van der Waals surface area contributed by atoms with E-state index in [9.17, 15) is 0 Å². The lowest BCUT2D eigenvalue weighted by Crippen LogP contribution is -2.01. The fraction of sp³-hybridized carbons (Fsp3) is 0. The van der Waals surface area contributed by atoms with E-state index in [-0.39, 0.29) is 0 Å². The Hall–Kier alpha value is -6.39. The van der Waals surface area contributed by atoms with Crippen molar-refractivity contribution in [1.29, 1.82) is 0 Å². The third-order valence-corrected chi connectivity index (χ3v) is 8.75. The molecule has 9 rings (SSSR count). The lowest BCUT2D eigenvalue weighted by Gasteiger charge is -2.13. The number of hydrogen-bond donors (Lipinski definition) is 0. The van der Waals surface area contributed by atoms with Crippen molar-refractivity contribution in [3.63, 3.8) is 0 Å². The largest absolute Gasteiger partial charge is 0.455 e. The Morgan fingerprint density at radius 1 is 0.298 bits per heavy atom. The SMILES string of the molecule is c1ccc(-c2nc(-c3ccccc3-c3ccccc3)nc(-c3cc4c5cccc(-c6ccccc6)c5oc4c4ccccc34)n2)cc1. The molecule has 0 amide bonds. The highest BCUT2D eigenvalue weighted by atomic mass is 16.3. The predicted molar refractivity (Wildman–Crippen MR) is 192 cm³/mol. The molecule has 0 N–H and O–H groups in total. The molecule has 4 nitrogen and oxygen atoms in total. The van der Waals surface area contributed by atoms with Crippen molar-refractivity contribution in [2.45, 2.75) is 0 Å². The van der Waals surface area contributed by atoms with E-state index in [1.807, 2.05) is 48.5 Å². The summed E-state index contributed by atoms with van der Waals surface area (Å²) in [5, 5.41) is 4.12. The van der Waals surface area contributed by atoms with Crippen molar-refractivity contribution < 1.29 is 4.42 Å². The topological polar surface area (TPSA) is 51.8 Å². The van der Waals surface area contributed by atoms with Crippen LogP contribution in [0.15, 0.2) is 168 Å². The number of benzene rings is 7. The summed E-state index contributed by atoms with van der Waals surface area (Å²) in [6, 6.07) is 56.1. The van der Waals surface area contributed by atoms with Gasteiger partial charge in [-0.25, -0.2) is 15.0 Å². The van der Waals surface area contributed by atoms with Crippen molar-refractivity contribution in [2.75, 3.05) is 0 Å². The van der Waals surface area contributed by atoms with E-state index in [2.05, 4.69) is 115 Å². The van der Waals surface area contributed by atoms with Gasteiger partial charge in [-0.15, -0.1) is 0 Å². The number of nitrogens with zero attached hydrogens (tertiary/aromatic N) is 3.